The van der Waals surface area contributed by atoms with Crippen LogP contribution in [0.15, 0.2) is 60.9 Å². The summed E-state index contributed by atoms with van der Waals surface area (Å²) in [6.07, 6.45) is 3.32. The van der Waals surface area contributed by atoms with Gasteiger partial charge in [-0.25, -0.2) is 0 Å². The van der Waals surface area contributed by atoms with Crippen LogP contribution in [0.1, 0.15) is 10.4 Å². The number of anilines is 2. The molecule has 1 aromatic heterocycles. The maximum Gasteiger partial charge on any atom is 0.260 e. The quantitative estimate of drug-likeness (QED) is 0.732. The van der Waals surface area contributed by atoms with Crippen molar-refractivity contribution in [1.82, 2.24) is 4.98 Å². The molecule has 0 bridgehead atoms. The summed E-state index contributed by atoms with van der Waals surface area (Å²) in [7, 11) is 1.72. The minimum Gasteiger partial charge on any atom is -0.398 e. The molecule has 3 aromatic rings. The third kappa shape index (κ3) is 2.43. The monoisotopic (exact) mass is 277 g/mol. The van der Waals surface area contributed by atoms with Gasteiger partial charge in [-0.2, -0.15) is 0 Å². The summed E-state index contributed by atoms with van der Waals surface area (Å²) < 4.78 is 0. The molecule has 0 atom stereocenters. The summed E-state index contributed by atoms with van der Waals surface area (Å²) in [5.74, 6) is -0.147. The predicted octanol–water partition coefficient (Wildman–Crippen LogP) is 3.09. The molecule has 1 heterocycles. The Hall–Kier alpha value is -2.88. The van der Waals surface area contributed by atoms with Crippen molar-refractivity contribution >= 4 is 28.1 Å². The highest BCUT2D eigenvalue weighted by atomic mass is 16.2. The Bertz CT molecular complexity index is 799. The van der Waals surface area contributed by atoms with Crippen molar-refractivity contribution in [2.24, 2.45) is 0 Å². The predicted molar refractivity (Wildman–Crippen MR) is 85.3 cm³/mol. The Labute approximate surface area is 122 Å². The number of hydrogen-bond donors (Lipinski definition) is 1. The van der Waals surface area contributed by atoms with Gasteiger partial charge in [0.15, 0.2) is 0 Å². The summed E-state index contributed by atoms with van der Waals surface area (Å²) in [4.78, 5) is 18.2. The number of nitrogens with two attached hydrogens (primary N) is 1. The average Bonchev–Trinajstić information content (AvgIpc) is 2.53. The van der Waals surface area contributed by atoms with Crippen molar-refractivity contribution in [3.05, 3.63) is 66.5 Å². The minimum absolute atomic E-state index is 0.147. The maximum atomic E-state index is 12.6. The molecular weight excluding hydrogens is 262 g/mol. The summed E-state index contributed by atoms with van der Waals surface area (Å²) in [6.45, 7) is 0. The van der Waals surface area contributed by atoms with Crippen molar-refractivity contribution in [3.63, 3.8) is 0 Å². The molecule has 0 radical (unpaired) electrons. The van der Waals surface area contributed by atoms with Gasteiger partial charge >= 0.3 is 0 Å². The van der Waals surface area contributed by atoms with Gasteiger partial charge in [-0.05, 0) is 35.0 Å². The first-order valence-electron chi connectivity index (χ1n) is 6.63. The van der Waals surface area contributed by atoms with E-state index in [2.05, 4.69) is 4.98 Å². The Kier molecular flexibility index (Phi) is 3.28. The number of hydrogen-bond acceptors (Lipinski definition) is 3. The van der Waals surface area contributed by atoms with E-state index in [1.54, 1.807) is 30.4 Å². The first-order valence-corrected chi connectivity index (χ1v) is 6.63. The number of amides is 1. The van der Waals surface area contributed by atoms with Crippen molar-refractivity contribution in [2.45, 2.75) is 0 Å². The Morgan fingerprint density at radius 3 is 2.48 bits per heavy atom. The molecule has 0 saturated heterocycles. The van der Waals surface area contributed by atoms with Crippen LogP contribution in [0, 0.1) is 0 Å². The van der Waals surface area contributed by atoms with Crippen LogP contribution in [0.3, 0.4) is 0 Å². The lowest BCUT2D eigenvalue weighted by Crippen LogP contribution is -2.27. The Morgan fingerprint density at radius 2 is 1.81 bits per heavy atom. The fourth-order valence-corrected chi connectivity index (χ4v) is 2.29. The standard InChI is InChI=1S/C17H15N3O/c1-20(14-7-4-8-19-11-14)17(21)15-9-12-5-2-3-6-13(12)10-16(15)18/h2-11H,18H2,1H3. The van der Waals surface area contributed by atoms with Crippen molar-refractivity contribution < 1.29 is 4.79 Å². The molecule has 4 nitrogen and oxygen atoms in total. The molecule has 0 aliphatic carbocycles. The highest BCUT2D eigenvalue weighted by Gasteiger charge is 2.16. The largest absolute Gasteiger partial charge is 0.398 e. The average molecular weight is 277 g/mol. The second-order valence-corrected chi connectivity index (χ2v) is 4.86. The van der Waals surface area contributed by atoms with Gasteiger partial charge in [0.25, 0.3) is 5.91 Å². The fraction of sp³-hybridized carbons (Fsp3) is 0.0588. The molecule has 2 N–H and O–H groups in total. The summed E-state index contributed by atoms with van der Waals surface area (Å²) in [5, 5.41) is 2.02. The van der Waals surface area contributed by atoms with Crippen LogP contribution in [0.25, 0.3) is 10.8 Å². The molecule has 4 heteroatoms. The zero-order chi connectivity index (χ0) is 14.8. The molecule has 0 saturated carbocycles. The van der Waals surface area contributed by atoms with Crippen LogP contribution in [0.4, 0.5) is 11.4 Å². The number of pyridine rings is 1. The fourth-order valence-electron chi connectivity index (χ4n) is 2.29. The zero-order valence-corrected chi connectivity index (χ0v) is 11.7. The molecule has 0 aliphatic heterocycles. The number of benzene rings is 2. The van der Waals surface area contributed by atoms with Crippen LogP contribution in [-0.2, 0) is 0 Å². The molecule has 3 rings (SSSR count). The van der Waals surface area contributed by atoms with E-state index >= 15 is 0 Å². The van der Waals surface area contributed by atoms with Gasteiger partial charge in [-0.15, -0.1) is 0 Å². The Morgan fingerprint density at radius 1 is 1.10 bits per heavy atom. The summed E-state index contributed by atoms with van der Waals surface area (Å²) in [5.41, 5.74) is 7.75. The van der Waals surface area contributed by atoms with Gasteiger partial charge in [-0.1, -0.05) is 24.3 Å². The SMILES string of the molecule is CN(C(=O)c1cc2ccccc2cc1N)c1cccnc1. The van der Waals surface area contributed by atoms with E-state index in [9.17, 15) is 4.79 Å². The van der Waals surface area contributed by atoms with E-state index in [-0.39, 0.29) is 5.91 Å². The van der Waals surface area contributed by atoms with Crippen molar-refractivity contribution in [1.29, 1.82) is 0 Å². The number of nitrogens with zero attached hydrogens (tertiary/aromatic N) is 2. The third-order valence-corrected chi connectivity index (χ3v) is 3.49. The molecule has 21 heavy (non-hydrogen) atoms. The molecule has 0 spiro atoms. The lowest BCUT2D eigenvalue weighted by molar-refractivity contribution is 0.0994. The van der Waals surface area contributed by atoms with Gasteiger partial charge in [-0.3, -0.25) is 9.78 Å². The van der Waals surface area contributed by atoms with Crippen LogP contribution in [-0.4, -0.2) is 17.9 Å². The smallest absolute Gasteiger partial charge is 0.260 e. The molecule has 0 fully saturated rings. The second kappa shape index (κ2) is 5.25. The van der Waals surface area contributed by atoms with Crippen LogP contribution < -0.4 is 10.6 Å². The van der Waals surface area contributed by atoms with E-state index in [0.717, 1.165) is 16.5 Å². The first-order chi connectivity index (χ1) is 10.2. The molecular formula is C17H15N3O. The molecule has 0 unspecified atom stereocenters. The first kappa shape index (κ1) is 13.1. The van der Waals surface area contributed by atoms with Gasteiger partial charge in [0, 0.05) is 18.9 Å². The van der Waals surface area contributed by atoms with Crippen LogP contribution >= 0.6 is 0 Å². The highest BCUT2D eigenvalue weighted by molar-refractivity contribution is 6.11. The molecule has 104 valence electrons. The number of aromatic nitrogens is 1. The van der Waals surface area contributed by atoms with Crippen LogP contribution in [0.2, 0.25) is 0 Å². The van der Waals surface area contributed by atoms with Crippen LogP contribution in [0.5, 0.6) is 0 Å². The number of rotatable bonds is 2. The maximum absolute atomic E-state index is 12.6. The van der Waals surface area contributed by atoms with E-state index in [1.807, 2.05) is 42.5 Å². The van der Waals surface area contributed by atoms with Gasteiger partial charge < -0.3 is 10.6 Å². The minimum atomic E-state index is -0.147. The van der Waals surface area contributed by atoms with Gasteiger partial charge in [0.1, 0.15) is 0 Å². The zero-order valence-electron chi connectivity index (χ0n) is 11.7. The third-order valence-electron chi connectivity index (χ3n) is 3.49. The normalized spacial score (nSPS) is 10.5. The number of nitrogen functional groups attached to an aromatic ring is 1. The van der Waals surface area contributed by atoms with Crippen molar-refractivity contribution in [2.75, 3.05) is 17.7 Å². The van der Waals surface area contributed by atoms with Gasteiger partial charge in [0.05, 0.1) is 17.4 Å². The van der Waals surface area contributed by atoms with E-state index in [1.165, 1.54) is 0 Å². The lowest BCUT2D eigenvalue weighted by atomic mass is 10.0. The summed E-state index contributed by atoms with van der Waals surface area (Å²) in [6, 6.07) is 15.1. The van der Waals surface area contributed by atoms with E-state index in [4.69, 9.17) is 5.73 Å². The summed E-state index contributed by atoms with van der Waals surface area (Å²) >= 11 is 0. The topological polar surface area (TPSA) is 59.2 Å². The van der Waals surface area contributed by atoms with Crippen molar-refractivity contribution in [3.8, 4) is 0 Å². The Balaban J connectivity index is 2.03. The highest BCUT2D eigenvalue weighted by Crippen LogP contribution is 2.24. The second-order valence-electron chi connectivity index (χ2n) is 4.86. The number of fused-ring (bicyclic) bond motifs is 1. The van der Waals surface area contributed by atoms with E-state index < -0.39 is 0 Å². The number of carbonyl (C=O) groups excluding carboxylic acids is 1. The van der Waals surface area contributed by atoms with Gasteiger partial charge in [0.2, 0.25) is 0 Å². The molecule has 2 aromatic carbocycles. The number of carbonyl (C=O) groups is 1. The van der Waals surface area contributed by atoms with E-state index in [0.29, 0.717) is 11.3 Å². The lowest BCUT2D eigenvalue weighted by Gasteiger charge is -2.18. The molecule has 0 aliphatic rings. The molecule has 1 amide bonds.